The number of benzene rings is 1. The van der Waals surface area contributed by atoms with Gasteiger partial charge in [0.15, 0.2) is 5.75 Å². The summed E-state index contributed by atoms with van der Waals surface area (Å²) in [7, 11) is 5.40. The second-order valence-electron chi connectivity index (χ2n) is 9.97. The van der Waals surface area contributed by atoms with Gasteiger partial charge in [-0.05, 0) is 52.1 Å². The van der Waals surface area contributed by atoms with E-state index in [2.05, 4.69) is 10.4 Å². The van der Waals surface area contributed by atoms with E-state index in [-0.39, 0.29) is 18.4 Å². The molecule has 1 fully saturated rings. The number of likely N-dealkylation sites (tertiary alicyclic amines) is 1. The zero-order valence-corrected chi connectivity index (χ0v) is 21.7. The molecule has 194 valence electrons. The van der Waals surface area contributed by atoms with Gasteiger partial charge < -0.3 is 29.4 Å². The topological polar surface area (TPSA) is 113 Å². The molecule has 5 rings (SSSR count). The number of nitrogens with one attached hydrogen (secondary N) is 1. The van der Waals surface area contributed by atoms with Crippen molar-refractivity contribution in [2.75, 3.05) is 40.8 Å². The van der Waals surface area contributed by atoms with Gasteiger partial charge in [0.05, 0.1) is 29.5 Å². The van der Waals surface area contributed by atoms with Crippen molar-refractivity contribution in [1.82, 2.24) is 24.7 Å². The number of furan rings is 1. The number of carbonyl (C=O) groups is 2. The predicted octanol–water partition coefficient (Wildman–Crippen LogP) is 2.99. The number of nitrogens with zero attached hydrogens (tertiary/aromatic N) is 4. The van der Waals surface area contributed by atoms with Crippen molar-refractivity contribution in [3.8, 4) is 11.5 Å². The molecule has 1 atom stereocenters. The van der Waals surface area contributed by atoms with Gasteiger partial charge in [0, 0.05) is 43.9 Å². The largest absolute Gasteiger partial charge is 0.460 e. The van der Waals surface area contributed by atoms with E-state index in [4.69, 9.17) is 9.15 Å². The van der Waals surface area contributed by atoms with Crippen LogP contribution in [-0.4, -0.2) is 82.7 Å². The monoisotopic (exact) mass is 505 g/mol. The summed E-state index contributed by atoms with van der Waals surface area (Å²) in [5, 5.41) is 18.6. The van der Waals surface area contributed by atoms with Crippen molar-refractivity contribution in [2.24, 2.45) is 0 Å². The predicted molar refractivity (Wildman–Crippen MR) is 138 cm³/mol. The lowest BCUT2D eigenvalue weighted by atomic mass is 10.0. The second-order valence-corrected chi connectivity index (χ2v) is 9.97. The van der Waals surface area contributed by atoms with Gasteiger partial charge in [0.2, 0.25) is 0 Å². The molecule has 4 heterocycles. The molecule has 1 aromatic carbocycles. The van der Waals surface area contributed by atoms with Gasteiger partial charge in [0.25, 0.3) is 11.8 Å². The van der Waals surface area contributed by atoms with Gasteiger partial charge in [-0.2, -0.15) is 5.10 Å². The molecule has 37 heavy (non-hydrogen) atoms. The Balaban J connectivity index is 1.44. The molecule has 2 amide bonds. The third-order valence-electron chi connectivity index (χ3n) is 6.87. The summed E-state index contributed by atoms with van der Waals surface area (Å²) in [4.78, 5) is 29.3. The van der Waals surface area contributed by atoms with Crippen LogP contribution in [0.1, 0.15) is 38.5 Å². The van der Waals surface area contributed by atoms with Crippen molar-refractivity contribution in [1.29, 1.82) is 0 Å². The Hall–Kier alpha value is -3.89. The molecule has 0 saturated carbocycles. The highest BCUT2D eigenvalue weighted by atomic mass is 16.5. The van der Waals surface area contributed by atoms with E-state index in [0.717, 1.165) is 5.56 Å². The van der Waals surface area contributed by atoms with E-state index in [1.807, 2.05) is 25.9 Å². The summed E-state index contributed by atoms with van der Waals surface area (Å²) >= 11 is 0. The lowest BCUT2D eigenvalue weighted by molar-refractivity contribution is 0.0236. The summed E-state index contributed by atoms with van der Waals surface area (Å²) in [6.07, 6.45) is 3.85. The van der Waals surface area contributed by atoms with E-state index in [0.29, 0.717) is 64.4 Å². The maximum Gasteiger partial charge on any atom is 0.255 e. The average molecular weight is 506 g/mol. The summed E-state index contributed by atoms with van der Waals surface area (Å²) in [5.74, 6) is 1.24. The molecule has 4 aromatic rings. The van der Waals surface area contributed by atoms with E-state index in [9.17, 15) is 14.7 Å². The van der Waals surface area contributed by atoms with Crippen molar-refractivity contribution in [2.45, 2.75) is 25.9 Å². The first-order valence-electron chi connectivity index (χ1n) is 12.2. The van der Waals surface area contributed by atoms with Crippen LogP contribution in [0.5, 0.6) is 11.5 Å². The first-order valence-corrected chi connectivity index (χ1v) is 12.2. The molecule has 10 nitrogen and oxygen atoms in total. The Kier molecular flexibility index (Phi) is 6.17. The van der Waals surface area contributed by atoms with Crippen molar-refractivity contribution < 1.29 is 23.8 Å². The Morgan fingerprint density at radius 3 is 2.78 bits per heavy atom. The van der Waals surface area contributed by atoms with Crippen molar-refractivity contribution in [3.63, 3.8) is 0 Å². The molecular formula is C27H31N5O5. The molecule has 10 heteroatoms. The Morgan fingerprint density at radius 2 is 2.05 bits per heavy atom. The minimum Gasteiger partial charge on any atom is -0.460 e. The summed E-state index contributed by atoms with van der Waals surface area (Å²) in [5.41, 5.74) is 2.06. The fourth-order valence-electron chi connectivity index (χ4n) is 5.24. The Labute approximate surface area is 214 Å². The van der Waals surface area contributed by atoms with E-state index >= 15 is 0 Å². The number of hydrogen-bond acceptors (Lipinski definition) is 7. The fraction of sp³-hybridized carbons (Fsp3) is 0.370. The normalized spacial score (nSPS) is 17.8. The number of aromatic nitrogens is 2. The van der Waals surface area contributed by atoms with Crippen LogP contribution in [0.4, 0.5) is 0 Å². The number of ether oxygens (including phenoxy) is 1. The molecule has 2 N–H and O–H groups in total. The minimum absolute atomic E-state index is 0.141. The number of aryl methyl sites for hydroxylation is 2. The van der Waals surface area contributed by atoms with E-state index < -0.39 is 5.60 Å². The third-order valence-corrected chi connectivity index (χ3v) is 6.87. The van der Waals surface area contributed by atoms with Crippen LogP contribution in [0.25, 0.3) is 16.5 Å². The molecule has 0 bridgehead atoms. The van der Waals surface area contributed by atoms with Crippen LogP contribution in [-0.2, 0) is 0 Å². The molecule has 0 spiro atoms. The highest BCUT2D eigenvalue weighted by Gasteiger charge is 2.39. The quantitative estimate of drug-likeness (QED) is 0.414. The van der Waals surface area contributed by atoms with Gasteiger partial charge in [-0.15, -0.1) is 0 Å². The molecule has 0 radical (unpaired) electrons. The molecule has 0 aliphatic carbocycles. The van der Waals surface area contributed by atoms with Crippen molar-refractivity contribution >= 4 is 28.3 Å². The number of fused-ring (bicyclic) bond motifs is 2. The van der Waals surface area contributed by atoms with Gasteiger partial charge >= 0.3 is 0 Å². The van der Waals surface area contributed by atoms with Crippen LogP contribution in [0.3, 0.4) is 0 Å². The standard InChI is InChI=1S/C27H31N5O5/c1-16-20(26(34)31-11-9-27(35,15-31)14-30(4)5)13-32-24(16)21(8-10-29-32)37-18-6-7-19-22(12-18)36-17(2)23(19)25(33)28-3/h6-8,10,12-13,35H,9,11,14-15H2,1-5H3,(H,28,33). The lowest BCUT2D eigenvalue weighted by Crippen LogP contribution is -2.43. The number of rotatable bonds is 6. The number of amides is 2. The zero-order valence-electron chi connectivity index (χ0n) is 21.7. The molecule has 1 saturated heterocycles. The van der Waals surface area contributed by atoms with E-state index in [1.54, 1.807) is 60.0 Å². The molecule has 3 aromatic heterocycles. The smallest absolute Gasteiger partial charge is 0.255 e. The second kappa shape index (κ2) is 9.20. The number of hydrogen-bond donors (Lipinski definition) is 2. The SMILES string of the molecule is CNC(=O)c1c(C)oc2cc(Oc3ccnn4cc(C(=O)N5CCC(O)(CN(C)C)C5)c(C)c34)ccc12. The summed E-state index contributed by atoms with van der Waals surface area (Å²) in [6, 6.07) is 7.06. The maximum absolute atomic E-state index is 13.4. The van der Waals surface area contributed by atoms with Crippen LogP contribution < -0.4 is 10.1 Å². The van der Waals surface area contributed by atoms with Gasteiger partial charge in [0.1, 0.15) is 22.6 Å². The highest BCUT2D eigenvalue weighted by molar-refractivity contribution is 6.07. The van der Waals surface area contributed by atoms with E-state index in [1.165, 1.54) is 0 Å². The van der Waals surface area contributed by atoms with Gasteiger partial charge in [-0.25, -0.2) is 4.52 Å². The van der Waals surface area contributed by atoms with Crippen LogP contribution in [0, 0.1) is 13.8 Å². The number of likely N-dealkylation sites (N-methyl/N-ethyl adjacent to an activating group) is 1. The highest BCUT2D eigenvalue weighted by Crippen LogP contribution is 2.34. The number of carbonyl (C=O) groups excluding carboxylic acids is 2. The minimum atomic E-state index is -0.917. The fourth-order valence-corrected chi connectivity index (χ4v) is 5.24. The van der Waals surface area contributed by atoms with Gasteiger partial charge in [-0.3, -0.25) is 9.59 Å². The summed E-state index contributed by atoms with van der Waals surface area (Å²) in [6.45, 7) is 4.89. The maximum atomic E-state index is 13.4. The number of β-amino-alcohol motifs (C(OH)–C–C–N with tert-alkyl or cyclic N) is 1. The zero-order chi connectivity index (χ0) is 26.5. The molecule has 1 unspecified atom stereocenters. The first-order chi connectivity index (χ1) is 17.6. The first kappa shape index (κ1) is 24.8. The summed E-state index contributed by atoms with van der Waals surface area (Å²) < 4.78 is 13.7. The average Bonchev–Trinajstić information content (AvgIpc) is 3.50. The third kappa shape index (κ3) is 4.42. The van der Waals surface area contributed by atoms with Gasteiger partial charge in [-0.1, -0.05) is 0 Å². The van der Waals surface area contributed by atoms with Crippen LogP contribution >= 0.6 is 0 Å². The molecule has 1 aliphatic heterocycles. The molecule has 1 aliphatic rings. The van der Waals surface area contributed by atoms with Crippen LogP contribution in [0.15, 0.2) is 41.1 Å². The molecular weight excluding hydrogens is 474 g/mol. The van der Waals surface area contributed by atoms with Crippen LogP contribution in [0.2, 0.25) is 0 Å². The lowest BCUT2D eigenvalue weighted by Gasteiger charge is -2.26. The Morgan fingerprint density at radius 1 is 1.27 bits per heavy atom. The Bertz CT molecular complexity index is 1520. The number of aliphatic hydroxyl groups is 1. The van der Waals surface area contributed by atoms with Crippen molar-refractivity contribution in [3.05, 3.63) is 59.1 Å².